The van der Waals surface area contributed by atoms with Crippen LogP contribution in [0.5, 0.6) is 0 Å². The van der Waals surface area contributed by atoms with Crippen molar-refractivity contribution in [1.82, 2.24) is 33.2 Å². The topological polar surface area (TPSA) is 82.2 Å². The zero-order valence-corrected chi connectivity index (χ0v) is 43.7. The molecule has 0 saturated heterocycles. The van der Waals surface area contributed by atoms with Gasteiger partial charge in [-0.3, -0.25) is 14.1 Å². The number of nitrogens with zero attached hydrogens (tertiary/aromatic N) is 8. The summed E-state index contributed by atoms with van der Waals surface area (Å²) in [5.74, 6) is 0. The van der Waals surface area contributed by atoms with Gasteiger partial charge in [-0.25, -0.2) is 9.97 Å². The quantitative estimate of drug-likeness (QED) is 0.159. The van der Waals surface area contributed by atoms with Crippen LogP contribution in [-0.4, -0.2) is 33.2 Å². The molecule has 0 fully saturated rings. The van der Waals surface area contributed by atoms with Crippen molar-refractivity contribution in [3.05, 3.63) is 260 Å². The molecule has 0 unspecified atom stereocenters. The summed E-state index contributed by atoms with van der Waals surface area (Å²) in [5.41, 5.74) is 18.6. The molecular weight excluding hydrogens is 977 g/mol. The standard InChI is InChI=1S/C72H46N8/c1-44-33-36-50(45(2)76-44)66-67(79-62-31-15-9-23-51(62)55-27-17-39-74-71(55)79)59(43-73)68(77-60-29-13-11-25-53(60)57-41-48(34-37-64(57)77)46-19-5-3-6-20-46)70(80-63-32-16-10-24-52(63)56-28-18-40-75-72(56)80)69(66)78-61-30-14-12-26-54(61)58-42-49(35-38-65(58)78)47-21-7-4-8-22-47/h3-42H,1-2H3. The van der Waals surface area contributed by atoms with Crippen molar-refractivity contribution in [2.24, 2.45) is 0 Å². The number of hydrogen-bond donors (Lipinski definition) is 0. The summed E-state index contributed by atoms with van der Waals surface area (Å²) in [4.78, 5) is 15.9. The first-order valence-corrected chi connectivity index (χ1v) is 27.0. The van der Waals surface area contributed by atoms with E-state index >= 15 is 0 Å². The summed E-state index contributed by atoms with van der Waals surface area (Å²) in [5, 5.41) is 21.2. The molecule has 0 amide bonds. The fourth-order valence-corrected chi connectivity index (χ4v) is 13.0. The molecule has 0 radical (unpaired) electrons. The predicted molar refractivity (Wildman–Crippen MR) is 328 cm³/mol. The largest absolute Gasteiger partial charge is 0.306 e. The normalized spacial score (nSPS) is 11.9. The molecule has 0 bridgehead atoms. The van der Waals surface area contributed by atoms with Crippen LogP contribution in [0.25, 0.3) is 144 Å². The highest BCUT2D eigenvalue weighted by molar-refractivity contribution is 6.17. The van der Waals surface area contributed by atoms with E-state index < -0.39 is 0 Å². The number of fused-ring (bicyclic) bond motifs is 12. The van der Waals surface area contributed by atoms with Crippen molar-refractivity contribution in [2.45, 2.75) is 13.8 Å². The Labute approximate surface area is 459 Å². The van der Waals surface area contributed by atoms with Gasteiger partial charge in [-0.05, 0) is 115 Å². The van der Waals surface area contributed by atoms with Crippen molar-refractivity contribution in [1.29, 1.82) is 5.26 Å². The molecule has 8 nitrogen and oxygen atoms in total. The SMILES string of the molecule is Cc1ccc(-c2c(-n3c4ccccc4c4cc(-c5ccccc5)ccc43)c(-n3c4ccccc4c4cccnc43)c(-n3c4ccccc4c4cc(-c5ccccc5)ccc43)c(C#N)c2-n2c3ccccc3c3cccnc32)c(C)n1. The van der Waals surface area contributed by atoms with Crippen LogP contribution in [0.15, 0.2) is 243 Å². The van der Waals surface area contributed by atoms with Crippen LogP contribution >= 0.6 is 0 Å². The van der Waals surface area contributed by atoms with Crippen molar-refractivity contribution in [3.63, 3.8) is 0 Å². The van der Waals surface area contributed by atoms with Gasteiger partial charge in [0.15, 0.2) is 0 Å². The minimum atomic E-state index is 0.454. The third-order valence-electron chi connectivity index (χ3n) is 16.3. The highest BCUT2D eigenvalue weighted by Gasteiger charge is 2.36. The maximum absolute atomic E-state index is 12.9. The smallest absolute Gasteiger partial charge is 0.145 e. The van der Waals surface area contributed by atoms with Gasteiger partial charge >= 0.3 is 0 Å². The minimum absolute atomic E-state index is 0.454. The molecule has 0 N–H and O–H groups in total. The molecule has 80 heavy (non-hydrogen) atoms. The third kappa shape index (κ3) is 6.52. The Hall–Kier alpha value is -10.9. The lowest BCUT2D eigenvalue weighted by molar-refractivity contribution is 1.01. The van der Waals surface area contributed by atoms with Crippen molar-refractivity contribution in [2.75, 3.05) is 0 Å². The van der Waals surface area contributed by atoms with E-state index in [0.29, 0.717) is 16.9 Å². The van der Waals surface area contributed by atoms with Crippen LogP contribution in [0.2, 0.25) is 0 Å². The zero-order valence-electron chi connectivity index (χ0n) is 43.7. The van der Waals surface area contributed by atoms with Gasteiger partial charge in [-0.15, -0.1) is 0 Å². The van der Waals surface area contributed by atoms with Gasteiger partial charge in [0.2, 0.25) is 0 Å². The van der Waals surface area contributed by atoms with E-state index in [0.717, 1.165) is 144 Å². The lowest BCUT2D eigenvalue weighted by Gasteiger charge is -2.29. The summed E-state index contributed by atoms with van der Waals surface area (Å²) in [7, 11) is 0. The van der Waals surface area contributed by atoms with E-state index in [-0.39, 0.29) is 0 Å². The van der Waals surface area contributed by atoms with Crippen LogP contribution in [0.3, 0.4) is 0 Å². The molecule has 7 heterocycles. The molecule has 374 valence electrons. The zero-order chi connectivity index (χ0) is 53.2. The number of pyridine rings is 3. The number of aryl methyl sites for hydroxylation is 2. The van der Waals surface area contributed by atoms with Crippen molar-refractivity contribution < 1.29 is 0 Å². The van der Waals surface area contributed by atoms with Gasteiger partial charge in [0.25, 0.3) is 0 Å². The lowest BCUT2D eigenvalue weighted by Crippen LogP contribution is -2.17. The van der Waals surface area contributed by atoms with Crippen LogP contribution in [0.1, 0.15) is 17.0 Å². The fraction of sp³-hybridized carbons (Fsp3) is 0.0278. The molecular formula is C72H46N8. The Morgan fingerprint density at radius 3 is 1.24 bits per heavy atom. The number of rotatable bonds is 7. The summed E-state index contributed by atoms with van der Waals surface area (Å²) in [6.45, 7) is 4.13. The molecule has 0 spiro atoms. The van der Waals surface area contributed by atoms with E-state index in [1.807, 2.05) is 31.5 Å². The summed E-state index contributed by atoms with van der Waals surface area (Å²) >= 11 is 0. The highest BCUT2D eigenvalue weighted by Crippen LogP contribution is 2.52. The second-order valence-corrected chi connectivity index (χ2v) is 20.7. The van der Waals surface area contributed by atoms with Gasteiger partial charge in [0.1, 0.15) is 22.9 Å². The Balaban J connectivity index is 1.23. The van der Waals surface area contributed by atoms with E-state index in [9.17, 15) is 5.26 Å². The molecule has 0 saturated carbocycles. The van der Waals surface area contributed by atoms with Crippen molar-refractivity contribution in [3.8, 4) is 62.2 Å². The average molecular weight is 1020 g/mol. The first kappa shape index (κ1) is 45.3. The summed E-state index contributed by atoms with van der Waals surface area (Å²) < 4.78 is 9.41. The third-order valence-corrected chi connectivity index (χ3v) is 16.3. The van der Waals surface area contributed by atoms with E-state index in [4.69, 9.17) is 15.0 Å². The monoisotopic (exact) mass is 1020 g/mol. The van der Waals surface area contributed by atoms with E-state index in [1.165, 1.54) is 0 Å². The van der Waals surface area contributed by atoms with Crippen LogP contribution in [0.4, 0.5) is 0 Å². The second kappa shape index (κ2) is 17.6. The van der Waals surface area contributed by atoms with Gasteiger partial charge in [-0.2, -0.15) is 5.26 Å². The lowest BCUT2D eigenvalue weighted by atomic mass is 9.92. The summed E-state index contributed by atoms with van der Waals surface area (Å²) in [6, 6.07) is 84.8. The highest BCUT2D eigenvalue weighted by atomic mass is 15.2. The number of aromatic nitrogens is 7. The maximum atomic E-state index is 12.9. The van der Waals surface area contributed by atoms with E-state index in [2.05, 4.69) is 250 Å². The Kier molecular flexibility index (Phi) is 9.96. The first-order chi connectivity index (χ1) is 39.5. The molecule has 16 aromatic rings. The van der Waals surface area contributed by atoms with Gasteiger partial charge in [0.05, 0.1) is 55.8 Å². The first-order valence-electron chi connectivity index (χ1n) is 27.0. The average Bonchev–Trinajstić information content (AvgIpc) is 4.42. The Bertz CT molecular complexity index is 5170. The number of nitriles is 1. The molecule has 7 aromatic heterocycles. The molecule has 9 aromatic carbocycles. The predicted octanol–water partition coefficient (Wildman–Crippen LogP) is 17.7. The molecule has 16 rings (SSSR count). The number of hydrogen-bond acceptors (Lipinski definition) is 4. The van der Waals surface area contributed by atoms with Crippen LogP contribution < -0.4 is 0 Å². The van der Waals surface area contributed by atoms with Gasteiger partial charge in [0, 0.05) is 78.0 Å². The Morgan fingerprint density at radius 1 is 0.338 bits per heavy atom. The molecule has 0 aliphatic rings. The molecule has 8 heteroatoms. The molecule has 0 atom stereocenters. The second-order valence-electron chi connectivity index (χ2n) is 20.7. The number of para-hydroxylation sites is 4. The van der Waals surface area contributed by atoms with Crippen LogP contribution in [-0.2, 0) is 0 Å². The number of benzene rings is 9. The molecule has 0 aliphatic carbocycles. The summed E-state index contributed by atoms with van der Waals surface area (Å²) in [6.07, 6.45) is 3.74. The van der Waals surface area contributed by atoms with Gasteiger partial charge < -0.3 is 9.13 Å². The Morgan fingerprint density at radius 2 is 0.750 bits per heavy atom. The van der Waals surface area contributed by atoms with Gasteiger partial charge in [-0.1, -0.05) is 152 Å². The van der Waals surface area contributed by atoms with Crippen molar-refractivity contribution >= 4 is 87.5 Å². The van der Waals surface area contributed by atoms with Crippen LogP contribution in [0, 0.1) is 25.2 Å². The fourth-order valence-electron chi connectivity index (χ4n) is 13.0. The maximum Gasteiger partial charge on any atom is 0.145 e. The minimum Gasteiger partial charge on any atom is -0.306 e. The van der Waals surface area contributed by atoms with E-state index in [1.54, 1.807) is 0 Å². The molecule has 0 aliphatic heterocycles.